The predicted molar refractivity (Wildman–Crippen MR) is 134 cm³/mol. The molecule has 0 aliphatic carbocycles. The number of hydrogen-bond acceptors (Lipinski definition) is 4. The Morgan fingerprint density at radius 1 is 1.00 bits per heavy atom. The van der Waals surface area contributed by atoms with E-state index in [9.17, 15) is 9.59 Å². The van der Waals surface area contributed by atoms with Crippen molar-refractivity contribution in [2.24, 2.45) is 0 Å². The summed E-state index contributed by atoms with van der Waals surface area (Å²) in [6.07, 6.45) is 6.10. The molecule has 1 aromatic heterocycles. The van der Waals surface area contributed by atoms with E-state index >= 15 is 0 Å². The lowest BCUT2D eigenvalue weighted by molar-refractivity contribution is -0.143. The molecule has 5 nitrogen and oxygen atoms in total. The van der Waals surface area contributed by atoms with Crippen molar-refractivity contribution >= 4 is 23.2 Å². The second kappa shape index (κ2) is 11.3. The summed E-state index contributed by atoms with van der Waals surface area (Å²) in [5, 5.41) is 2.17. The van der Waals surface area contributed by atoms with E-state index in [0.29, 0.717) is 32.6 Å². The third-order valence-electron chi connectivity index (χ3n) is 7.06. The van der Waals surface area contributed by atoms with Gasteiger partial charge in [0.2, 0.25) is 11.8 Å². The summed E-state index contributed by atoms with van der Waals surface area (Å²) in [4.78, 5) is 33.7. The van der Waals surface area contributed by atoms with E-state index < -0.39 is 0 Å². The van der Waals surface area contributed by atoms with Crippen LogP contribution >= 0.6 is 11.3 Å². The molecule has 1 aromatic carbocycles. The highest BCUT2D eigenvalue weighted by atomic mass is 32.1. The number of fused-ring (bicyclic) bond motifs is 1. The largest absolute Gasteiger partial charge is 0.338 e. The fraction of sp³-hybridized carbons (Fsp3) is 0.556. The molecule has 2 aliphatic heterocycles. The Balaban J connectivity index is 1.37. The Labute approximate surface area is 202 Å². The summed E-state index contributed by atoms with van der Waals surface area (Å²) in [6.45, 7) is 7.50. The Bertz CT molecular complexity index is 928. The van der Waals surface area contributed by atoms with E-state index in [0.717, 1.165) is 25.8 Å². The molecule has 4 rings (SSSR count). The molecule has 0 N–H and O–H groups in total. The molecule has 0 bridgehead atoms. The molecule has 2 atom stereocenters. The third-order valence-corrected chi connectivity index (χ3v) is 8.06. The topological polar surface area (TPSA) is 43.9 Å². The molecule has 0 unspecified atom stereocenters. The van der Waals surface area contributed by atoms with Crippen molar-refractivity contribution in [2.75, 3.05) is 32.7 Å². The molecule has 2 aliphatic rings. The van der Waals surface area contributed by atoms with Gasteiger partial charge in [0.25, 0.3) is 0 Å². The molecule has 33 heavy (non-hydrogen) atoms. The first-order chi connectivity index (χ1) is 16.1. The normalized spacial score (nSPS) is 21.2. The highest BCUT2D eigenvalue weighted by Gasteiger charge is 2.34. The summed E-state index contributed by atoms with van der Waals surface area (Å²) in [7, 11) is 0. The minimum Gasteiger partial charge on any atom is -0.338 e. The minimum absolute atomic E-state index is 0.0797. The van der Waals surface area contributed by atoms with E-state index in [1.807, 2.05) is 27.2 Å². The van der Waals surface area contributed by atoms with Gasteiger partial charge >= 0.3 is 0 Å². The van der Waals surface area contributed by atoms with Crippen molar-refractivity contribution in [1.82, 2.24) is 14.7 Å². The molecule has 2 aromatic rings. The number of rotatable bonds is 8. The van der Waals surface area contributed by atoms with E-state index in [-0.39, 0.29) is 23.9 Å². The van der Waals surface area contributed by atoms with Crippen molar-refractivity contribution < 1.29 is 9.59 Å². The molecule has 1 saturated heterocycles. The van der Waals surface area contributed by atoms with Crippen molar-refractivity contribution in [3.63, 3.8) is 0 Å². The molecule has 1 fully saturated rings. The molecule has 178 valence electrons. The number of hydrogen-bond donors (Lipinski definition) is 0. The maximum Gasteiger partial charge on any atom is 0.236 e. The maximum atomic E-state index is 13.3. The van der Waals surface area contributed by atoms with Gasteiger partial charge in [-0.25, -0.2) is 0 Å². The summed E-state index contributed by atoms with van der Waals surface area (Å²) < 4.78 is 0. The van der Waals surface area contributed by atoms with Gasteiger partial charge in [-0.15, -0.1) is 11.3 Å². The molecule has 0 saturated carbocycles. The fourth-order valence-electron chi connectivity index (χ4n) is 5.24. The summed E-state index contributed by atoms with van der Waals surface area (Å²) in [5.74, 6) is 0.423. The van der Waals surface area contributed by atoms with Crippen LogP contribution < -0.4 is 0 Å². The molecule has 6 heteroatoms. The van der Waals surface area contributed by atoms with Crippen LogP contribution in [-0.4, -0.2) is 65.3 Å². The van der Waals surface area contributed by atoms with Crippen LogP contribution in [0.1, 0.15) is 68.0 Å². The fourth-order valence-corrected chi connectivity index (χ4v) is 6.14. The van der Waals surface area contributed by atoms with Crippen LogP contribution in [0.15, 0.2) is 41.8 Å². The molecule has 2 amide bonds. The van der Waals surface area contributed by atoms with Gasteiger partial charge in [0.15, 0.2) is 0 Å². The second-order valence-corrected chi connectivity index (χ2v) is 10.4. The smallest absolute Gasteiger partial charge is 0.236 e. The molecular weight excluding hydrogens is 430 g/mol. The lowest BCUT2D eigenvalue weighted by Crippen LogP contribution is -2.57. The lowest BCUT2D eigenvalue weighted by Gasteiger charge is -2.42. The first-order valence-corrected chi connectivity index (χ1v) is 13.4. The average molecular weight is 468 g/mol. The number of carbonyl (C=O) groups excluding carboxylic acids is 2. The number of amides is 2. The van der Waals surface area contributed by atoms with E-state index in [1.54, 1.807) is 0 Å². The summed E-state index contributed by atoms with van der Waals surface area (Å²) in [5.41, 5.74) is 2.59. The molecule has 0 spiro atoms. The second-order valence-electron chi connectivity index (χ2n) is 9.42. The van der Waals surface area contributed by atoms with E-state index in [1.165, 1.54) is 28.8 Å². The van der Waals surface area contributed by atoms with Crippen LogP contribution in [0.2, 0.25) is 0 Å². The summed E-state index contributed by atoms with van der Waals surface area (Å²) in [6, 6.07) is 13.0. The van der Waals surface area contributed by atoms with Crippen LogP contribution in [0.5, 0.6) is 0 Å². The number of benzene rings is 1. The Kier molecular flexibility index (Phi) is 8.20. The highest BCUT2D eigenvalue weighted by Crippen LogP contribution is 2.37. The van der Waals surface area contributed by atoms with Crippen LogP contribution in [0.3, 0.4) is 0 Å². The molecular formula is C27H37N3O2S. The Hall–Kier alpha value is -2.18. The first-order valence-electron chi connectivity index (χ1n) is 12.5. The van der Waals surface area contributed by atoms with Crippen LogP contribution in [-0.2, 0) is 16.0 Å². The maximum absolute atomic E-state index is 13.3. The number of piperazine rings is 1. The van der Waals surface area contributed by atoms with Gasteiger partial charge in [0.1, 0.15) is 0 Å². The highest BCUT2D eigenvalue weighted by molar-refractivity contribution is 7.10. The van der Waals surface area contributed by atoms with Crippen molar-refractivity contribution in [3.05, 3.63) is 57.8 Å². The first kappa shape index (κ1) is 24.0. The number of unbranched alkanes of at least 4 members (excludes halogenated alkanes) is 3. The zero-order valence-corrected chi connectivity index (χ0v) is 20.9. The monoisotopic (exact) mass is 467 g/mol. The van der Waals surface area contributed by atoms with Crippen molar-refractivity contribution in [3.8, 4) is 0 Å². The molecule has 0 radical (unpaired) electrons. The SMILES string of the molecule is CCCCCCC(=O)N1CCN(C(=O)CN2CCc3sccc3[C@@H]2c2ccccc2)C[C@H]1C. The van der Waals surface area contributed by atoms with E-state index in [2.05, 4.69) is 54.5 Å². The van der Waals surface area contributed by atoms with Gasteiger partial charge in [-0.1, -0.05) is 56.5 Å². The van der Waals surface area contributed by atoms with Crippen LogP contribution in [0.25, 0.3) is 0 Å². The minimum atomic E-state index is 0.0797. The third kappa shape index (κ3) is 5.67. The standard InChI is InChI=1S/C27H37N3O2S/c1-3-4-5-9-12-25(31)30-17-16-28(19-21(30)2)26(32)20-29-15-13-24-23(14-18-33-24)27(29)22-10-7-6-8-11-22/h6-8,10-11,14,18,21,27H,3-5,9,12-13,15-17,19-20H2,1-2H3/t21-,27+/m1/s1. The van der Waals surface area contributed by atoms with Crippen LogP contribution in [0.4, 0.5) is 0 Å². The predicted octanol–water partition coefficient (Wildman–Crippen LogP) is 4.73. The van der Waals surface area contributed by atoms with Gasteiger partial charge in [-0.2, -0.15) is 0 Å². The quantitative estimate of drug-likeness (QED) is 0.528. The number of thiophene rings is 1. The summed E-state index contributed by atoms with van der Waals surface area (Å²) >= 11 is 1.82. The van der Waals surface area contributed by atoms with Gasteiger partial charge in [0.05, 0.1) is 12.6 Å². The number of carbonyl (C=O) groups is 2. The van der Waals surface area contributed by atoms with Crippen LogP contribution in [0, 0.1) is 0 Å². The zero-order valence-electron chi connectivity index (χ0n) is 20.0. The van der Waals surface area contributed by atoms with Crippen molar-refractivity contribution in [1.29, 1.82) is 0 Å². The number of nitrogens with zero attached hydrogens (tertiary/aromatic N) is 3. The van der Waals surface area contributed by atoms with Gasteiger partial charge in [-0.05, 0) is 42.3 Å². The zero-order chi connectivity index (χ0) is 23.2. The Morgan fingerprint density at radius 2 is 1.82 bits per heavy atom. The molecule has 3 heterocycles. The van der Waals surface area contributed by atoms with Crippen molar-refractivity contribution in [2.45, 2.75) is 64.5 Å². The van der Waals surface area contributed by atoms with E-state index in [4.69, 9.17) is 0 Å². The average Bonchev–Trinajstić information content (AvgIpc) is 3.31. The van der Waals surface area contributed by atoms with Gasteiger partial charge < -0.3 is 9.80 Å². The van der Waals surface area contributed by atoms with Gasteiger partial charge in [-0.3, -0.25) is 14.5 Å². The lowest BCUT2D eigenvalue weighted by atomic mass is 9.93. The van der Waals surface area contributed by atoms with Gasteiger partial charge in [0, 0.05) is 43.5 Å². The Morgan fingerprint density at radius 3 is 2.58 bits per heavy atom.